The van der Waals surface area contributed by atoms with E-state index in [-0.39, 0.29) is 5.78 Å². The lowest BCUT2D eigenvalue weighted by Crippen LogP contribution is -2.44. The second-order valence-electron chi connectivity index (χ2n) is 4.52. The Morgan fingerprint density at radius 3 is 2.76 bits per heavy atom. The molecule has 92 valence electrons. The monoisotopic (exact) mass is 234 g/mol. The lowest BCUT2D eigenvalue weighted by Gasteiger charge is -2.34. The van der Waals surface area contributed by atoms with Gasteiger partial charge in [0.1, 0.15) is 5.78 Å². The Bertz CT molecular complexity index is 372. The van der Waals surface area contributed by atoms with Crippen LogP contribution in [0.4, 0.5) is 0 Å². The maximum Gasteiger partial charge on any atom is 0.146 e. The lowest BCUT2D eigenvalue weighted by molar-refractivity contribution is -0.132. The predicted molar refractivity (Wildman–Crippen MR) is 64.5 cm³/mol. The summed E-state index contributed by atoms with van der Waals surface area (Å²) in [4.78, 5) is 16.5. The fraction of sp³-hybridized carbons (Fsp3) is 0.538. The molecule has 17 heavy (non-hydrogen) atoms. The molecule has 0 atom stereocenters. The van der Waals surface area contributed by atoms with Gasteiger partial charge in [-0.2, -0.15) is 0 Å². The van der Waals surface area contributed by atoms with E-state index in [1.807, 2.05) is 18.2 Å². The summed E-state index contributed by atoms with van der Waals surface area (Å²) in [6, 6.07) is 5.62. The molecule has 1 aromatic heterocycles. The van der Waals surface area contributed by atoms with Gasteiger partial charge >= 0.3 is 0 Å². The molecule has 1 aliphatic heterocycles. The molecule has 0 aliphatic carbocycles. The van der Waals surface area contributed by atoms with Crippen molar-refractivity contribution < 1.29 is 9.53 Å². The number of carbonyl (C=O) groups is 1. The SMILES string of the molecule is NCC1(C(=O)Cc2ccccn2)CCOCC1. The van der Waals surface area contributed by atoms with Crippen LogP contribution < -0.4 is 5.73 Å². The molecule has 4 nitrogen and oxygen atoms in total. The van der Waals surface area contributed by atoms with Crippen LogP contribution in [0, 0.1) is 5.41 Å². The number of carbonyl (C=O) groups excluding carboxylic acids is 1. The molecule has 0 spiro atoms. The minimum Gasteiger partial charge on any atom is -0.381 e. The Morgan fingerprint density at radius 1 is 1.41 bits per heavy atom. The van der Waals surface area contributed by atoms with E-state index in [9.17, 15) is 4.79 Å². The van der Waals surface area contributed by atoms with Gasteiger partial charge in [0.05, 0.1) is 0 Å². The first-order valence-electron chi connectivity index (χ1n) is 5.98. The Hall–Kier alpha value is -1.26. The summed E-state index contributed by atoms with van der Waals surface area (Å²) in [5.41, 5.74) is 6.22. The van der Waals surface area contributed by atoms with E-state index < -0.39 is 5.41 Å². The number of ether oxygens (including phenoxy) is 1. The van der Waals surface area contributed by atoms with Crippen LogP contribution in [0.5, 0.6) is 0 Å². The van der Waals surface area contributed by atoms with Crippen LogP contribution in [0.15, 0.2) is 24.4 Å². The molecule has 2 heterocycles. The normalized spacial score (nSPS) is 18.9. The Labute approximate surface area is 101 Å². The lowest BCUT2D eigenvalue weighted by atomic mass is 9.75. The van der Waals surface area contributed by atoms with E-state index in [0.717, 1.165) is 18.5 Å². The van der Waals surface area contributed by atoms with Crippen molar-refractivity contribution in [2.45, 2.75) is 19.3 Å². The Balaban J connectivity index is 2.07. The summed E-state index contributed by atoms with van der Waals surface area (Å²) in [7, 11) is 0. The van der Waals surface area contributed by atoms with E-state index in [0.29, 0.717) is 26.2 Å². The average molecular weight is 234 g/mol. The smallest absolute Gasteiger partial charge is 0.146 e. The van der Waals surface area contributed by atoms with Gasteiger partial charge in [0.25, 0.3) is 0 Å². The minimum absolute atomic E-state index is 0.196. The van der Waals surface area contributed by atoms with Gasteiger partial charge in [-0.1, -0.05) is 6.07 Å². The highest BCUT2D eigenvalue weighted by molar-refractivity contribution is 5.86. The van der Waals surface area contributed by atoms with Gasteiger partial charge in [-0.25, -0.2) is 0 Å². The minimum atomic E-state index is -0.393. The molecule has 1 aromatic rings. The van der Waals surface area contributed by atoms with Crippen LogP contribution in [-0.2, 0) is 16.0 Å². The van der Waals surface area contributed by atoms with E-state index in [1.54, 1.807) is 6.20 Å². The Kier molecular flexibility index (Phi) is 3.86. The second-order valence-corrected chi connectivity index (χ2v) is 4.52. The van der Waals surface area contributed by atoms with Crippen molar-refractivity contribution in [1.29, 1.82) is 0 Å². The number of hydrogen-bond acceptors (Lipinski definition) is 4. The molecule has 1 aliphatic rings. The summed E-state index contributed by atoms with van der Waals surface area (Å²) in [6.45, 7) is 1.67. The second kappa shape index (κ2) is 5.38. The molecular formula is C13H18N2O2. The van der Waals surface area contributed by atoms with E-state index in [1.165, 1.54) is 0 Å². The maximum absolute atomic E-state index is 12.3. The summed E-state index contributed by atoms with van der Waals surface area (Å²) >= 11 is 0. The van der Waals surface area contributed by atoms with Crippen molar-refractivity contribution >= 4 is 5.78 Å². The third kappa shape index (κ3) is 2.70. The summed E-state index contributed by atoms with van der Waals surface area (Å²) in [5, 5.41) is 0. The summed E-state index contributed by atoms with van der Waals surface area (Å²) in [5.74, 6) is 0.196. The van der Waals surface area contributed by atoms with Crippen molar-refractivity contribution in [3.63, 3.8) is 0 Å². The van der Waals surface area contributed by atoms with Gasteiger partial charge in [0.2, 0.25) is 0 Å². The number of nitrogens with two attached hydrogens (primary N) is 1. The fourth-order valence-corrected chi connectivity index (χ4v) is 2.21. The molecule has 0 unspecified atom stereocenters. The zero-order valence-corrected chi connectivity index (χ0v) is 9.89. The molecule has 0 amide bonds. The molecule has 0 radical (unpaired) electrons. The van der Waals surface area contributed by atoms with E-state index in [4.69, 9.17) is 10.5 Å². The van der Waals surface area contributed by atoms with Crippen molar-refractivity contribution in [3.8, 4) is 0 Å². The van der Waals surface area contributed by atoms with Crippen molar-refractivity contribution in [2.75, 3.05) is 19.8 Å². The van der Waals surface area contributed by atoms with Crippen molar-refractivity contribution in [1.82, 2.24) is 4.98 Å². The molecule has 4 heteroatoms. The number of aromatic nitrogens is 1. The number of hydrogen-bond donors (Lipinski definition) is 1. The molecule has 1 saturated heterocycles. The average Bonchev–Trinajstić information content (AvgIpc) is 2.40. The molecule has 0 bridgehead atoms. The van der Waals surface area contributed by atoms with Crippen molar-refractivity contribution in [2.24, 2.45) is 11.1 Å². The van der Waals surface area contributed by atoms with E-state index >= 15 is 0 Å². The number of Topliss-reactive ketones (excluding diaryl/α,β-unsaturated/α-hetero) is 1. The Morgan fingerprint density at radius 2 is 2.18 bits per heavy atom. The zero-order valence-electron chi connectivity index (χ0n) is 9.89. The van der Waals surface area contributed by atoms with Gasteiger partial charge in [0.15, 0.2) is 0 Å². The van der Waals surface area contributed by atoms with Crippen molar-refractivity contribution in [3.05, 3.63) is 30.1 Å². The molecular weight excluding hydrogens is 216 g/mol. The standard InChI is InChI=1S/C13H18N2O2/c14-10-13(4-7-17-8-5-13)12(16)9-11-3-1-2-6-15-11/h1-3,6H,4-5,7-10,14H2. The number of rotatable bonds is 4. The highest BCUT2D eigenvalue weighted by Gasteiger charge is 2.38. The first kappa shape index (κ1) is 12.2. The van der Waals surface area contributed by atoms with Crippen LogP contribution in [0.25, 0.3) is 0 Å². The number of pyridine rings is 1. The summed E-state index contributed by atoms with van der Waals surface area (Å²) in [6.07, 6.45) is 3.55. The van der Waals surface area contributed by atoms with Gasteiger partial charge in [-0.3, -0.25) is 9.78 Å². The topological polar surface area (TPSA) is 65.2 Å². The number of nitrogens with zero attached hydrogens (tertiary/aromatic N) is 1. The first-order chi connectivity index (χ1) is 8.27. The van der Waals surface area contributed by atoms with Crippen LogP contribution in [-0.4, -0.2) is 30.5 Å². The zero-order chi connectivity index (χ0) is 12.1. The maximum atomic E-state index is 12.3. The molecule has 1 fully saturated rings. The molecule has 0 aromatic carbocycles. The van der Waals surface area contributed by atoms with Gasteiger partial charge < -0.3 is 10.5 Å². The van der Waals surface area contributed by atoms with Crippen LogP contribution in [0.3, 0.4) is 0 Å². The summed E-state index contributed by atoms with van der Waals surface area (Å²) < 4.78 is 5.30. The van der Waals surface area contributed by atoms with Crippen LogP contribution in [0.2, 0.25) is 0 Å². The third-order valence-electron chi connectivity index (χ3n) is 3.50. The van der Waals surface area contributed by atoms with Gasteiger partial charge in [-0.15, -0.1) is 0 Å². The highest BCUT2D eigenvalue weighted by Crippen LogP contribution is 2.31. The quantitative estimate of drug-likeness (QED) is 0.842. The molecule has 0 saturated carbocycles. The van der Waals surface area contributed by atoms with Gasteiger partial charge in [-0.05, 0) is 25.0 Å². The van der Waals surface area contributed by atoms with Crippen LogP contribution in [0.1, 0.15) is 18.5 Å². The third-order valence-corrected chi connectivity index (χ3v) is 3.50. The fourth-order valence-electron chi connectivity index (χ4n) is 2.21. The van der Waals surface area contributed by atoms with E-state index in [2.05, 4.69) is 4.98 Å². The van der Waals surface area contributed by atoms with Crippen LogP contribution >= 0.6 is 0 Å². The van der Waals surface area contributed by atoms with Gasteiger partial charge in [0, 0.05) is 43.5 Å². The largest absolute Gasteiger partial charge is 0.381 e. The number of ketones is 1. The molecule has 2 rings (SSSR count). The first-order valence-corrected chi connectivity index (χ1v) is 5.98. The highest BCUT2D eigenvalue weighted by atomic mass is 16.5. The molecule has 2 N–H and O–H groups in total. The predicted octanol–water partition coefficient (Wildman–Crippen LogP) is 0.949.